The van der Waals surface area contributed by atoms with Gasteiger partial charge < -0.3 is 10.4 Å². The first kappa shape index (κ1) is 23.6. The third kappa shape index (κ3) is 4.88. The maximum Gasteiger partial charge on any atom is 0.416 e. The number of halogens is 3. The Hall–Kier alpha value is -4.54. The molecule has 0 aliphatic heterocycles. The lowest BCUT2D eigenvalue weighted by atomic mass is 10.1. The molecule has 11 heteroatoms. The van der Waals surface area contributed by atoms with Gasteiger partial charge in [0.05, 0.1) is 46.3 Å². The molecule has 2 N–H and O–H groups in total. The molecule has 2 aromatic heterocycles. The van der Waals surface area contributed by atoms with E-state index >= 15 is 0 Å². The quantitative estimate of drug-likeness (QED) is 0.321. The third-order valence-electron chi connectivity index (χ3n) is 5.16. The first-order valence-electron chi connectivity index (χ1n) is 10.3. The second kappa shape index (κ2) is 9.01. The number of carbonyl (C=O) groups excluding carboxylic acids is 2. The number of aromatic nitrogens is 4. The summed E-state index contributed by atoms with van der Waals surface area (Å²) in [5, 5.41) is 16.2. The average molecular weight is 481 g/mol. The zero-order valence-electron chi connectivity index (χ0n) is 18.5. The van der Waals surface area contributed by atoms with Gasteiger partial charge in [-0.1, -0.05) is 18.2 Å². The number of carbonyl (C=O) groups is 2. The van der Waals surface area contributed by atoms with E-state index in [0.29, 0.717) is 11.4 Å². The van der Waals surface area contributed by atoms with Gasteiger partial charge in [-0.15, -0.1) is 0 Å². The second-order valence-corrected chi connectivity index (χ2v) is 7.63. The summed E-state index contributed by atoms with van der Waals surface area (Å²) in [5.74, 6) is -1.53. The number of anilines is 1. The van der Waals surface area contributed by atoms with E-state index in [4.69, 9.17) is 0 Å². The van der Waals surface area contributed by atoms with Gasteiger partial charge >= 0.3 is 6.18 Å². The second-order valence-electron chi connectivity index (χ2n) is 7.63. The fraction of sp³-hybridized carbons (Fsp3) is 0.125. The van der Waals surface area contributed by atoms with Gasteiger partial charge in [0, 0.05) is 5.56 Å². The number of nitrogens with one attached hydrogen (secondary N) is 1. The molecule has 8 nitrogen and oxygen atoms in total. The predicted molar refractivity (Wildman–Crippen MR) is 120 cm³/mol. The van der Waals surface area contributed by atoms with Crippen LogP contribution in [0.1, 0.15) is 27.3 Å². The summed E-state index contributed by atoms with van der Waals surface area (Å²) in [6.45, 7) is 2.98. The van der Waals surface area contributed by atoms with Crippen molar-refractivity contribution in [1.82, 2.24) is 19.7 Å². The van der Waals surface area contributed by atoms with Crippen LogP contribution in [0.4, 0.5) is 18.9 Å². The molecule has 2 heterocycles. The van der Waals surface area contributed by atoms with Crippen molar-refractivity contribution >= 4 is 17.4 Å². The van der Waals surface area contributed by atoms with Crippen LogP contribution in [0, 0.1) is 13.8 Å². The summed E-state index contributed by atoms with van der Waals surface area (Å²) in [6, 6.07) is 10.8. The van der Waals surface area contributed by atoms with Crippen molar-refractivity contribution in [2.45, 2.75) is 20.0 Å². The Balaban J connectivity index is 1.55. The standard InChI is InChI=1S/C24H18F3N5O3/c1-13-20(14(2)32(31-13)18-7-4-6-16(10-18)24(25,26)27)21(34)23(35)30-17-11-28-22(29-12-17)15-5-3-8-19(33)9-15/h3-12,33H,1-2H3,(H,30,35). The smallest absolute Gasteiger partial charge is 0.416 e. The van der Waals surface area contributed by atoms with Crippen molar-refractivity contribution < 1.29 is 27.9 Å². The number of aromatic hydroxyl groups is 1. The van der Waals surface area contributed by atoms with Crippen LogP contribution < -0.4 is 5.32 Å². The van der Waals surface area contributed by atoms with Gasteiger partial charge in [0.15, 0.2) is 5.82 Å². The minimum Gasteiger partial charge on any atom is -0.508 e. The van der Waals surface area contributed by atoms with Crippen LogP contribution >= 0.6 is 0 Å². The number of ketones is 1. The normalized spacial score (nSPS) is 11.3. The third-order valence-corrected chi connectivity index (χ3v) is 5.16. The average Bonchev–Trinajstić information content (AvgIpc) is 3.12. The van der Waals surface area contributed by atoms with Crippen molar-refractivity contribution in [1.29, 1.82) is 0 Å². The van der Waals surface area contributed by atoms with E-state index in [9.17, 15) is 27.9 Å². The topological polar surface area (TPSA) is 110 Å². The largest absolute Gasteiger partial charge is 0.508 e. The maximum absolute atomic E-state index is 13.1. The summed E-state index contributed by atoms with van der Waals surface area (Å²) in [7, 11) is 0. The zero-order valence-corrected chi connectivity index (χ0v) is 18.5. The van der Waals surface area contributed by atoms with E-state index in [-0.39, 0.29) is 34.1 Å². The van der Waals surface area contributed by atoms with Crippen molar-refractivity contribution in [3.05, 3.63) is 83.4 Å². The van der Waals surface area contributed by atoms with Gasteiger partial charge in [0.2, 0.25) is 0 Å². The summed E-state index contributed by atoms with van der Waals surface area (Å²) in [6.07, 6.45) is -1.92. The van der Waals surface area contributed by atoms with Crippen LogP contribution in [-0.4, -0.2) is 36.5 Å². The molecule has 0 bridgehead atoms. The monoisotopic (exact) mass is 481 g/mol. The Morgan fingerprint density at radius 1 is 1.00 bits per heavy atom. The fourth-order valence-corrected chi connectivity index (χ4v) is 3.52. The minimum absolute atomic E-state index is 0.0165. The number of amides is 1. The van der Waals surface area contributed by atoms with Gasteiger partial charge in [-0.2, -0.15) is 18.3 Å². The molecule has 2 aromatic carbocycles. The van der Waals surface area contributed by atoms with Gasteiger partial charge in [-0.25, -0.2) is 14.6 Å². The van der Waals surface area contributed by atoms with E-state index in [0.717, 1.165) is 12.1 Å². The SMILES string of the molecule is Cc1nn(-c2cccc(C(F)(F)F)c2)c(C)c1C(=O)C(=O)Nc1cnc(-c2cccc(O)c2)nc1. The number of alkyl halides is 3. The van der Waals surface area contributed by atoms with Gasteiger partial charge in [0.1, 0.15) is 5.75 Å². The van der Waals surface area contributed by atoms with E-state index in [1.165, 1.54) is 55.2 Å². The van der Waals surface area contributed by atoms with Crippen molar-refractivity contribution in [2.75, 3.05) is 5.32 Å². The van der Waals surface area contributed by atoms with Crippen molar-refractivity contribution in [2.24, 2.45) is 0 Å². The molecule has 4 aromatic rings. The molecule has 0 radical (unpaired) electrons. The molecule has 178 valence electrons. The number of hydrogen-bond donors (Lipinski definition) is 2. The molecule has 0 unspecified atom stereocenters. The van der Waals surface area contributed by atoms with Crippen molar-refractivity contribution in [3.63, 3.8) is 0 Å². The fourth-order valence-electron chi connectivity index (χ4n) is 3.52. The molecule has 4 rings (SSSR count). The van der Waals surface area contributed by atoms with Crippen LogP contribution in [0.25, 0.3) is 17.1 Å². The molecule has 0 fully saturated rings. The van der Waals surface area contributed by atoms with Gasteiger partial charge in [-0.3, -0.25) is 9.59 Å². The lowest BCUT2D eigenvalue weighted by Crippen LogP contribution is -2.24. The molecule has 0 spiro atoms. The first-order chi connectivity index (χ1) is 16.5. The Labute approximate surface area is 197 Å². The highest BCUT2D eigenvalue weighted by molar-refractivity contribution is 6.47. The maximum atomic E-state index is 13.1. The summed E-state index contributed by atoms with van der Waals surface area (Å²) in [5.41, 5.74) is 0.364. The van der Waals surface area contributed by atoms with Crippen LogP contribution in [-0.2, 0) is 11.0 Å². The number of hydrogen-bond acceptors (Lipinski definition) is 6. The molecule has 0 saturated carbocycles. The molecule has 0 aliphatic rings. The van der Waals surface area contributed by atoms with Crippen LogP contribution in [0.3, 0.4) is 0 Å². The molecular formula is C24H18F3N5O3. The van der Waals surface area contributed by atoms with Crippen LogP contribution in [0.15, 0.2) is 60.9 Å². The van der Waals surface area contributed by atoms with E-state index in [2.05, 4.69) is 20.4 Å². The molecule has 0 atom stereocenters. The highest BCUT2D eigenvalue weighted by atomic mass is 19.4. The Bertz CT molecular complexity index is 1430. The molecule has 0 saturated heterocycles. The molecule has 0 aliphatic carbocycles. The summed E-state index contributed by atoms with van der Waals surface area (Å²) < 4.78 is 40.5. The molecule has 1 amide bonds. The first-order valence-corrected chi connectivity index (χ1v) is 10.3. The number of benzene rings is 2. The lowest BCUT2D eigenvalue weighted by Gasteiger charge is -2.10. The van der Waals surface area contributed by atoms with Gasteiger partial charge in [-0.05, 0) is 44.2 Å². The van der Waals surface area contributed by atoms with E-state index in [1.54, 1.807) is 12.1 Å². The number of phenolic OH excluding ortho intramolecular Hbond substituents is 1. The van der Waals surface area contributed by atoms with Crippen molar-refractivity contribution in [3.8, 4) is 22.8 Å². The van der Waals surface area contributed by atoms with E-state index < -0.39 is 23.4 Å². The van der Waals surface area contributed by atoms with Crippen LogP contribution in [0.2, 0.25) is 0 Å². The Morgan fingerprint density at radius 3 is 2.34 bits per heavy atom. The number of phenols is 1. The van der Waals surface area contributed by atoms with E-state index in [1.807, 2.05) is 0 Å². The molecule has 35 heavy (non-hydrogen) atoms. The van der Waals surface area contributed by atoms with Crippen LogP contribution in [0.5, 0.6) is 5.75 Å². The highest BCUT2D eigenvalue weighted by Crippen LogP contribution is 2.31. The lowest BCUT2D eigenvalue weighted by molar-refractivity contribution is -0.137. The predicted octanol–water partition coefficient (Wildman–Crippen LogP) is 4.49. The highest BCUT2D eigenvalue weighted by Gasteiger charge is 2.31. The number of Topliss-reactive ketones (excluding diaryl/α,β-unsaturated/α-hetero) is 1. The van der Waals surface area contributed by atoms with Gasteiger partial charge in [0.25, 0.3) is 11.7 Å². The molecular weight excluding hydrogens is 463 g/mol. The number of rotatable bonds is 5. The minimum atomic E-state index is -4.54. The zero-order chi connectivity index (χ0) is 25.3. The Kier molecular flexibility index (Phi) is 6.08. The Morgan fingerprint density at radius 2 is 1.69 bits per heavy atom. The number of nitrogens with zero attached hydrogens (tertiary/aromatic N) is 4. The summed E-state index contributed by atoms with van der Waals surface area (Å²) >= 11 is 0. The number of aryl methyl sites for hydroxylation is 1. The summed E-state index contributed by atoms with van der Waals surface area (Å²) in [4.78, 5) is 33.7.